The molecule has 0 spiro atoms. The Labute approximate surface area is 154 Å². The van der Waals surface area contributed by atoms with Crippen molar-refractivity contribution in [3.63, 3.8) is 0 Å². The zero-order valence-electron chi connectivity index (χ0n) is 15.5. The second-order valence-corrected chi connectivity index (χ2v) is 8.01. The molecule has 2 aliphatic rings. The first-order valence-electron chi connectivity index (χ1n) is 9.38. The molecular formula is C23H24O3. The SMILES string of the molecule is CCC(C)(C)OC(=O)c1cccc2c(C3CC4C=CC3C4=O)cccc12. The van der Waals surface area contributed by atoms with Gasteiger partial charge in [-0.1, -0.05) is 49.4 Å². The third-order valence-corrected chi connectivity index (χ3v) is 5.98. The van der Waals surface area contributed by atoms with Crippen LogP contribution in [0.15, 0.2) is 48.6 Å². The van der Waals surface area contributed by atoms with Gasteiger partial charge in [-0.15, -0.1) is 0 Å². The Morgan fingerprint density at radius 3 is 2.50 bits per heavy atom. The van der Waals surface area contributed by atoms with Gasteiger partial charge in [-0.25, -0.2) is 4.79 Å². The molecule has 3 nitrogen and oxygen atoms in total. The monoisotopic (exact) mass is 348 g/mol. The summed E-state index contributed by atoms with van der Waals surface area (Å²) in [6.45, 7) is 5.86. The number of esters is 1. The number of benzene rings is 2. The molecule has 0 heterocycles. The van der Waals surface area contributed by atoms with Crippen molar-refractivity contribution in [2.45, 2.75) is 45.1 Å². The number of Topliss-reactive ketones (excluding diaryl/α,β-unsaturated/α-hetero) is 1. The summed E-state index contributed by atoms with van der Waals surface area (Å²) in [7, 11) is 0. The summed E-state index contributed by atoms with van der Waals surface area (Å²) >= 11 is 0. The van der Waals surface area contributed by atoms with Crippen LogP contribution in [-0.2, 0) is 9.53 Å². The van der Waals surface area contributed by atoms with Crippen LogP contribution in [0.4, 0.5) is 0 Å². The zero-order chi connectivity index (χ0) is 18.5. The summed E-state index contributed by atoms with van der Waals surface area (Å²) in [4.78, 5) is 25.1. The van der Waals surface area contributed by atoms with Gasteiger partial charge in [-0.3, -0.25) is 4.79 Å². The van der Waals surface area contributed by atoms with Crippen molar-refractivity contribution in [3.8, 4) is 0 Å². The summed E-state index contributed by atoms with van der Waals surface area (Å²) in [5.74, 6) is 0.314. The maximum Gasteiger partial charge on any atom is 0.339 e. The lowest BCUT2D eigenvalue weighted by Gasteiger charge is -2.24. The van der Waals surface area contributed by atoms with Crippen molar-refractivity contribution in [3.05, 3.63) is 59.7 Å². The molecule has 0 radical (unpaired) electrons. The van der Waals surface area contributed by atoms with Gasteiger partial charge in [0.05, 0.1) is 5.56 Å². The number of ketones is 1. The molecule has 2 aromatic carbocycles. The van der Waals surface area contributed by atoms with Gasteiger partial charge >= 0.3 is 5.97 Å². The molecule has 3 heteroatoms. The van der Waals surface area contributed by atoms with Crippen molar-refractivity contribution in [1.29, 1.82) is 0 Å². The Hall–Kier alpha value is -2.42. The van der Waals surface area contributed by atoms with Gasteiger partial charge in [0.15, 0.2) is 0 Å². The van der Waals surface area contributed by atoms with E-state index in [2.05, 4.69) is 12.1 Å². The highest BCUT2D eigenvalue weighted by Crippen LogP contribution is 2.48. The second-order valence-electron chi connectivity index (χ2n) is 8.01. The lowest BCUT2D eigenvalue weighted by atomic mass is 9.83. The van der Waals surface area contributed by atoms with Gasteiger partial charge in [0, 0.05) is 11.8 Å². The van der Waals surface area contributed by atoms with Crippen LogP contribution in [0.5, 0.6) is 0 Å². The summed E-state index contributed by atoms with van der Waals surface area (Å²) in [6.07, 6.45) is 5.73. The Morgan fingerprint density at radius 1 is 1.12 bits per heavy atom. The van der Waals surface area contributed by atoms with E-state index in [4.69, 9.17) is 4.74 Å². The van der Waals surface area contributed by atoms with Crippen LogP contribution in [0.25, 0.3) is 10.8 Å². The van der Waals surface area contributed by atoms with Gasteiger partial charge in [-0.2, -0.15) is 0 Å². The van der Waals surface area contributed by atoms with Crippen molar-refractivity contribution < 1.29 is 14.3 Å². The van der Waals surface area contributed by atoms with E-state index in [9.17, 15) is 9.59 Å². The molecule has 4 rings (SSSR count). The van der Waals surface area contributed by atoms with Crippen LogP contribution >= 0.6 is 0 Å². The number of carbonyl (C=O) groups is 2. The molecule has 0 saturated heterocycles. The predicted octanol–water partition coefficient (Wildman–Crippen LogP) is 5.04. The van der Waals surface area contributed by atoms with Crippen LogP contribution in [-0.4, -0.2) is 17.4 Å². The largest absolute Gasteiger partial charge is 0.456 e. The van der Waals surface area contributed by atoms with E-state index in [-0.39, 0.29) is 23.7 Å². The van der Waals surface area contributed by atoms with Crippen LogP contribution in [0.3, 0.4) is 0 Å². The minimum absolute atomic E-state index is 0.0137. The zero-order valence-corrected chi connectivity index (χ0v) is 15.5. The quantitative estimate of drug-likeness (QED) is 0.574. The molecular weight excluding hydrogens is 324 g/mol. The fraction of sp³-hybridized carbons (Fsp3) is 0.391. The molecule has 0 aromatic heterocycles. The molecule has 134 valence electrons. The number of rotatable bonds is 4. The van der Waals surface area contributed by atoms with Crippen molar-refractivity contribution in [1.82, 2.24) is 0 Å². The molecule has 0 aliphatic heterocycles. The van der Waals surface area contributed by atoms with Gasteiger partial charge < -0.3 is 4.74 Å². The first-order valence-corrected chi connectivity index (χ1v) is 9.38. The second kappa shape index (κ2) is 6.08. The predicted molar refractivity (Wildman–Crippen MR) is 102 cm³/mol. The number of hydrogen-bond acceptors (Lipinski definition) is 3. The Morgan fingerprint density at radius 2 is 1.85 bits per heavy atom. The Balaban J connectivity index is 1.76. The van der Waals surface area contributed by atoms with E-state index < -0.39 is 5.60 Å². The fourth-order valence-corrected chi connectivity index (χ4v) is 4.17. The number of hydrogen-bond donors (Lipinski definition) is 0. The minimum atomic E-state index is -0.487. The molecule has 1 fully saturated rings. The molecule has 2 aromatic rings. The molecule has 0 N–H and O–H groups in total. The summed E-state index contributed by atoms with van der Waals surface area (Å²) < 4.78 is 5.71. The van der Waals surface area contributed by atoms with E-state index in [1.54, 1.807) is 0 Å². The molecule has 2 aliphatic carbocycles. The number of fused-ring (bicyclic) bond motifs is 3. The number of ether oxygens (including phenoxy) is 1. The molecule has 2 bridgehead atoms. The third kappa shape index (κ3) is 2.66. The molecule has 0 amide bonds. The van der Waals surface area contributed by atoms with E-state index >= 15 is 0 Å². The van der Waals surface area contributed by atoms with Crippen LogP contribution in [0.2, 0.25) is 0 Å². The Bertz CT molecular complexity index is 922. The van der Waals surface area contributed by atoms with Crippen molar-refractivity contribution in [2.75, 3.05) is 0 Å². The first-order chi connectivity index (χ1) is 12.4. The van der Waals surface area contributed by atoms with E-state index in [1.807, 2.05) is 57.2 Å². The third-order valence-electron chi connectivity index (χ3n) is 5.98. The van der Waals surface area contributed by atoms with Crippen LogP contribution in [0, 0.1) is 11.8 Å². The average molecular weight is 348 g/mol. The lowest BCUT2D eigenvalue weighted by molar-refractivity contribution is -0.120. The van der Waals surface area contributed by atoms with Crippen molar-refractivity contribution in [2.24, 2.45) is 11.8 Å². The van der Waals surface area contributed by atoms with Crippen LogP contribution in [0.1, 0.15) is 55.5 Å². The summed E-state index contributed by atoms with van der Waals surface area (Å²) in [5, 5.41) is 1.95. The van der Waals surface area contributed by atoms with Crippen LogP contribution < -0.4 is 0 Å². The van der Waals surface area contributed by atoms with E-state index in [0.717, 1.165) is 29.2 Å². The molecule has 26 heavy (non-hydrogen) atoms. The van der Waals surface area contributed by atoms with E-state index in [0.29, 0.717) is 11.3 Å². The highest BCUT2D eigenvalue weighted by Gasteiger charge is 2.44. The van der Waals surface area contributed by atoms with Gasteiger partial charge in [-0.05, 0) is 55.0 Å². The first kappa shape index (κ1) is 17.0. The highest BCUT2D eigenvalue weighted by molar-refractivity contribution is 6.06. The van der Waals surface area contributed by atoms with Crippen molar-refractivity contribution >= 4 is 22.5 Å². The smallest absolute Gasteiger partial charge is 0.339 e. The lowest BCUT2D eigenvalue weighted by Crippen LogP contribution is -2.27. The summed E-state index contributed by atoms with van der Waals surface area (Å²) in [6, 6.07) is 11.8. The average Bonchev–Trinajstić information content (AvgIpc) is 3.15. The normalized spacial score (nSPS) is 24.4. The topological polar surface area (TPSA) is 43.4 Å². The van der Waals surface area contributed by atoms with Gasteiger partial charge in [0.25, 0.3) is 0 Å². The van der Waals surface area contributed by atoms with Gasteiger partial charge in [0.1, 0.15) is 11.4 Å². The molecule has 1 saturated carbocycles. The maximum atomic E-state index is 12.8. The maximum absolute atomic E-state index is 12.8. The molecule has 3 unspecified atom stereocenters. The van der Waals surface area contributed by atoms with Gasteiger partial charge in [0.2, 0.25) is 0 Å². The molecule has 3 atom stereocenters. The fourth-order valence-electron chi connectivity index (χ4n) is 4.17. The number of allylic oxidation sites excluding steroid dienone is 2. The Kier molecular flexibility index (Phi) is 3.98. The standard InChI is InChI=1S/C23H24O3/c1-4-23(2,3)26-22(25)19-10-6-7-15-16(19)8-5-9-17(15)20-13-14-11-12-18(20)21(14)24/h5-12,14,18,20H,4,13H2,1-3H3. The summed E-state index contributed by atoms with van der Waals surface area (Å²) in [5.41, 5.74) is 1.27. The van der Waals surface area contributed by atoms with E-state index in [1.165, 1.54) is 0 Å². The number of carbonyl (C=O) groups excluding carboxylic acids is 2. The highest BCUT2D eigenvalue weighted by atomic mass is 16.6. The minimum Gasteiger partial charge on any atom is -0.456 e.